The Bertz CT molecular complexity index is 406. The first-order valence-corrected chi connectivity index (χ1v) is 5.54. The molecule has 0 radical (unpaired) electrons. The van der Waals surface area contributed by atoms with Crippen LogP contribution in [-0.2, 0) is 16.1 Å². The Labute approximate surface area is 105 Å². The third-order valence-corrected chi connectivity index (χ3v) is 2.32. The molecule has 0 heterocycles. The molecular weight excluding hydrogens is 236 g/mol. The van der Waals surface area contributed by atoms with Gasteiger partial charge in [0.15, 0.2) is 6.04 Å². The van der Waals surface area contributed by atoms with E-state index in [1.807, 2.05) is 30.3 Å². The van der Waals surface area contributed by atoms with E-state index in [9.17, 15) is 9.59 Å². The lowest BCUT2D eigenvalue weighted by Gasteiger charge is -2.15. The summed E-state index contributed by atoms with van der Waals surface area (Å²) in [6.45, 7) is 1.71. The van der Waals surface area contributed by atoms with Gasteiger partial charge in [0.2, 0.25) is 0 Å². The summed E-state index contributed by atoms with van der Waals surface area (Å²) in [5.41, 5.74) is 4.42. The monoisotopic (exact) mass is 253 g/mol. The fourth-order valence-corrected chi connectivity index (χ4v) is 1.34. The molecule has 6 nitrogen and oxygen atoms in total. The Balaban J connectivity index is 2.44. The second-order valence-corrected chi connectivity index (χ2v) is 4.00. The molecule has 0 aliphatic heterocycles. The van der Waals surface area contributed by atoms with Crippen molar-refractivity contribution in [3.8, 4) is 0 Å². The highest BCUT2D eigenvalue weighted by molar-refractivity contribution is 5.80. The van der Waals surface area contributed by atoms with Crippen LogP contribution in [0.2, 0.25) is 0 Å². The first kappa shape index (κ1) is 14.0. The van der Waals surface area contributed by atoms with Crippen molar-refractivity contribution in [3.63, 3.8) is 0 Å². The summed E-state index contributed by atoms with van der Waals surface area (Å²) in [6, 6.07) is 7.63. The number of nitrogens with one attached hydrogen (secondary N) is 1. The van der Waals surface area contributed by atoms with Crippen LogP contribution in [-0.4, -0.2) is 29.3 Å². The molecule has 0 fully saturated rings. The molecular formula is C12H17N2O4+. The molecule has 6 heteroatoms. The van der Waals surface area contributed by atoms with E-state index < -0.39 is 24.1 Å². The summed E-state index contributed by atoms with van der Waals surface area (Å²) in [4.78, 5) is 22.3. The van der Waals surface area contributed by atoms with Gasteiger partial charge in [-0.05, 0) is 12.5 Å². The summed E-state index contributed by atoms with van der Waals surface area (Å²) in [6.07, 6.45) is -0.762. The van der Waals surface area contributed by atoms with Crippen LogP contribution in [0.15, 0.2) is 30.3 Å². The van der Waals surface area contributed by atoms with Gasteiger partial charge in [0.1, 0.15) is 12.6 Å². The van der Waals surface area contributed by atoms with Gasteiger partial charge < -0.3 is 20.9 Å². The highest BCUT2D eigenvalue weighted by Gasteiger charge is 2.27. The fourth-order valence-electron chi connectivity index (χ4n) is 1.34. The Morgan fingerprint density at radius 2 is 2.00 bits per heavy atom. The summed E-state index contributed by atoms with van der Waals surface area (Å²) < 4.78 is 4.92. The van der Waals surface area contributed by atoms with Gasteiger partial charge in [-0.1, -0.05) is 30.3 Å². The van der Waals surface area contributed by atoms with Crippen LogP contribution in [0, 0.1) is 0 Å². The minimum Gasteiger partial charge on any atom is -0.480 e. The number of carbonyl (C=O) groups excluding carboxylic acids is 1. The molecule has 5 N–H and O–H groups in total. The number of aliphatic carboxylic acids is 1. The number of rotatable bonds is 5. The average Bonchev–Trinajstić information content (AvgIpc) is 2.34. The van der Waals surface area contributed by atoms with Crippen LogP contribution >= 0.6 is 0 Å². The van der Waals surface area contributed by atoms with E-state index in [1.165, 1.54) is 0 Å². The summed E-state index contributed by atoms with van der Waals surface area (Å²) in [7, 11) is 0. The van der Waals surface area contributed by atoms with Gasteiger partial charge in [0.05, 0.1) is 0 Å². The first-order valence-electron chi connectivity index (χ1n) is 5.54. The van der Waals surface area contributed by atoms with Crippen LogP contribution in [0.4, 0.5) is 4.79 Å². The van der Waals surface area contributed by atoms with E-state index in [1.54, 1.807) is 6.92 Å². The molecule has 1 aromatic rings. The molecule has 0 bridgehead atoms. The number of amides is 1. The van der Waals surface area contributed by atoms with Crippen molar-refractivity contribution in [2.24, 2.45) is 0 Å². The molecule has 0 aromatic heterocycles. The molecule has 1 aromatic carbocycles. The Morgan fingerprint density at radius 1 is 1.39 bits per heavy atom. The molecule has 1 rings (SSSR count). The Kier molecular flexibility index (Phi) is 5.13. The van der Waals surface area contributed by atoms with Crippen LogP contribution in [0.1, 0.15) is 12.5 Å². The van der Waals surface area contributed by atoms with Crippen molar-refractivity contribution in [1.82, 2.24) is 5.32 Å². The van der Waals surface area contributed by atoms with Gasteiger partial charge in [0, 0.05) is 0 Å². The fraction of sp³-hybridized carbons (Fsp3) is 0.333. The van der Waals surface area contributed by atoms with Gasteiger partial charge >= 0.3 is 12.1 Å². The van der Waals surface area contributed by atoms with Crippen molar-refractivity contribution >= 4 is 12.1 Å². The highest BCUT2D eigenvalue weighted by atomic mass is 16.5. The van der Waals surface area contributed by atoms with Gasteiger partial charge in [-0.3, -0.25) is 0 Å². The molecule has 1 amide bonds. The lowest BCUT2D eigenvalue weighted by atomic mass is 10.1. The lowest BCUT2D eigenvalue weighted by molar-refractivity contribution is -0.417. The summed E-state index contributed by atoms with van der Waals surface area (Å²) in [5.74, 6) is -1.13. The predicted molar refractivity (Wildman–Crippen MR) is 63.5 cm³/mol. The zero-order chi connectivity index (χ0) is 13.5. The Morgan fingerprint density at radius 3 is 2.50 bits per heavy atom. The molecule has 2 atom stereocenters. The predicted octanol–water partition coefficient (Wildman–Crippen LogP) is -0.00360. The number of alkyl carbamates (subject to hydrolysis) is 1. The SMILES string of the molecule is C[C@H]([NH3+])[C@H](NC(=O)OCc1ccccc1)C(=O)O. The molecule has 0 spiro atoms. The van der Waals surface area contributed by atoms with Crippen molar-refractivity contribution in [1.29, 1.82) is 0 Å². The molecule has 0 aliphatic carbocycles. The molecule has 18 heavy (non-hydrogen) atoms. The molecule has 0 saturated carbocycles. The van der Waals surface area contributed by atoms with Crippen LogP contribution in [0.3, 0.4) is 0 Å². The standard InChI is InChI=1S/C12H16N2O4/c1-8(13)10(11(15)16)14-12(17)18-7-9-5-3-2-4-6-9/h2-6,8,10H,7,13H2,1H3,(H,14,17)(H,15,16)/p+1/t8-,10-/m0/s1. The number of hydrogen-bond acceptors (Lipinski definition) is 3. The molecule has 0 aliphatic rings. The topological polar surface area (TPSA) is 103 Å². The maximum absolute atomic E-state index is 11.4. The highest BCUT2D eigenvalue weighted by Crippen LogP contribution is 2.01. The maximum Gasteiger partial charge on any atom is 0.408 e. The number of carbonyl (C=O) groups is 2. The van der Waals surface area contributed by atoms with Crippen molar-refractivity contribution in [2.45, 2.75) is 25.6 Å². The molecule has 0 unspecified atom stereocenters. The van der Waals surface area contributed by atoms with E-state index >= 15 is 0 Å². The minimum absolute atomic E-state index is 0.102. The number of ether oxygens (including phenoxy) is 1. The van der Waals surface area contributed by atoms with Gasteiger partial charge in [-0.2, -0.15) is 0 Å². The summed E-state index contributed by atoms with van der Waals surface area (Å²) in [5, 5.41) is 11.1. The van der Waals surface area contributed by atoms with Gasteiger partial charge in [-0.15, -0.1) is 0 Å². The molecule has 98 valence electrons. The van der Waals surface area contributed by atoms with E-state index in [4.69, 9.17) is 9.84 Å². The zero-order valence-corrected chi connectivity index (χ0v) is 10.1. The maximum atomic E-state index is 11.4. The number of hydrogen-bond donors (Lipinski definition) is 3. The van der Waals surface area contributed by atoms with Crippen molar-refractivity contribution in [2.75, 3.05) is 0 Å². The largest absolute Gasteiger partial charge is 0.480 e. The third kappa shape index (κ3) is 4.42. The average molecular weight is 253 g/mol. The van der Waals surface area contributed by atoms with E-state index in [0.717, 1.165) is 5.56 Å². The minimum atomic E-state index is -1.13. The second kappa shape index (κ2) is 6.61. The zero-order valence-electron chi connectivity index (χ0n) is 10.1. The number of carboxylic acids is 1. The quantitative estimate of drug-likeness (QED) is 0.687. The van der Waals surface area contributed by atoms with Crippen LogP contribution in [0.25, 0.3) is 0 Å². The van der Waals surface area contributed by atoms with Crippen LogP contribution in [0.5, 0.6) is 0 Å². The van der Waals surface area contributed by atoms with E-state index in [2.05, 4.69) is 11.1 Å². The third-order valence-electron chi connectivity index (χ3n) is 2.32. The second-order valence-electron chi connectivity index (χ2n) is 4.00. The van der Waals surface area contributed by atoms with Gasteiger partial charge in [-0.25, -0.2) is 9.59 Å². The normalized spacial score (nSPS) is 13.4. The summed E-state index contributed by atoms with van der Waals surface area (Å²) >= 11 is 0. The number of quaternary nitrogens is 1. The van der Waals surface area contributed by atoms with E-state index in [0.29, 0.717) is 0 Å². The molecule has 0 saturated heterocycles. The van der Waals surface area contributed by atoms with E-state index in [-0.39, 0.29) is 6.61 Å². The Hall–Kier alpha value is -2.08. The van der Waals surface area contributed by atoms with Gasteiger partial charge in [0.25, 0.3) is 0 Å². The number of benzene rings is 1. The van der Waals surface area contributed by atoms with Crippen molar-refractivity contribution in [3.05, 3.63) is 35.9 Å². The van der Waals surface area contributed by atoms with Crippen molar-refractivity contribution < 1.29 is 25.2 Å². The number of carboxylic acid groups (broad SMARTS) is 1. The lowest BCUT2D eigenvalue weighted by Crippen LogP contribution is -2.70. The van der Waals surface area contributed by atoms with Crippen LogP contribution < -0.4 is 11.1 Å². The smallest absolute Gasteiger partial charge is 0.408 e. The first-order chi connectivity index (χ1) is 8.50.